The first-order valence-electron chi connectivity index (χ1n) is 2.33. The van der Waals surface area contributed by atoms with Crippen LogP contribution in [0, 0.1) is 6.92 Å². The maximum absolute atomic E-state index is 5.37. The van der Waals surface area contributed by atoms with Gasteiger partial charge in [-0.25, -0.2) is 9.97 Å². The number of nitrogens with two attached hydrogens (primary N) is 1. The summed E-state index contributed by atoms with van der Waals surface area (Å²) in [6.07, 6.45) is 3.12. The molecule has 0 fully saturated rings. The minimum Gasteiger partial charge on any atom is -0.383 e. The van der Waals surface area contributed by atoms with Crippen LogP contribution >= 0.6 is 12.4 Å². The number of rotatable bonds is 0. The molecule has 1 heterocycles. The Bertz CT molecular complexity index is 168. The fourth-order valence-corrected chi connectivity index (χ4v) is 0.409. The number of hydrogen-bond donors (Lipinski definition) is 1. The molecule has 1 rings (SSSR count). The number of aryl methyl sites for hydroxylation is 1. The SMILES string of the molecule is Cc1cncnc1N.Cl. The molecule has 50 valence electrons. The number of anilines is 1. The molecule has 1 aromatic rings. The van der Waals surface area contributed by atoms with Crippen molar-refractivity contribution >= 4 is 18.2 Å². The van der Waals surface area contributed by atoms with Crippen molar-refractivity contribution < 1.29 is 0 Å². The van der Waals surface area contributed by atoms with Gasteiger partial charge in [0.25, 0.3) is 0 Å². The van der Waals surface area contributed by atoms with Gasteiger partial charge in [-0.3, -0.25) is 0 Å². The van der Waals surface area contributed by atoms with Crippen LogP contribution in [0.4, 0.5) is 5.82 Å². The van der Waals surface area contributed by atoms with Gasteiger partial charge in [0, 0.05) is 11.8 Å². The predicted octanol–water partition coefficient (Wildman–Crippen LogP) is 0.789. The van der Waals surface area contributed by atoms with Gasteiger partial charge in [0.1, 0.15) is 12.1 Å². The van der Waals surface area contributed by atoms with E-state index in [2.05, 4.69) is 9.97 Å². The van der Waals surface area contributed by atoms with Crippen LogP contribution in [0.1, 0.15) is 5.56 Å². The first-order chi connectivity index (χ1) is 3.80. The van der Waals surface area contributed by atoms with Gasteiger partial charge in [0.05, 0.1) is 0 Å². The first kappa shape index (κ1) is 8.17. The lowest BCUT2D eigenvalue weighted by molar-refractivity contribution is 1.14. The van der Waals surface area contributed by atoms with E-state index in [1.54, 1.807) is 6.20 Å². The van der Waals surface area contributed by atoms with Crippen LogP contribution < -0.4 is 5.73 Å². The van der Waals surface area contributed by atoms with Gasteiger partial charge in [-0.05, 0) is 6.92 Å². The number of halogens is 1. The summed E-state index contributed by atoms with van der Waals surface area (Å²) in [5.74, 6) is 0.556. The Labute approximate surface area is 59.7 Å². The summed E-state index contributed by atoms with van der Waals surface area (Å²) in [6.45, 7) is 1.87. The molecule has 0 amide bonds. The summed E-state index contributed by atoms with van der Waals surface area (Å²) in [7, 11) is 0. The predicted molar refractivity (Wildman–Crippen MR) is 38.4 cm³/mol. The van der Waals surface area contributed by atoms with Crippen molar-refractivity contribution in [2.24, 2.45) is 0 Å². The molecule has 0 atom stereocenters. The Hall–Kier alpha value is -0.830. The highest BCUT2D eigenvalue weighted by Crippen LogP contribution is 1.99. The largest absolute Gasteiger partial charge is 0.383 e. The summed E-state index contributed by atoms with van der Waals surface area (Å²) in [6, 6.07) is 0. The number of aromatic nitrogens is 2. The highest BCUT2D eigenvalue weighted by molar-refractivity contribution is 5.85. The van der Waals surface area contributed by atoms with Crippen molar-refractivity contribution in [3.05, 3.63) is 18.1 Å². The minimum absolute atomic E-state index is 0. The van der Waals surface area contributed by atoms with E-state index in [1.807, 2.05) is 6.92 Å². The smallest absolute Gasteiger partial charge is 0.129 e. The zero-order valence-electron chi connectivity index (χ0n) is 5.03. The molecule has 9 heavy (non-hydrogen) atoms. The van der Waals surface area contributed by atoms with Crippen molar-refractivity contribution in [3.8, 4) is 0 Å². The molecule has 4 heteroatoms. The van der Waals surface area contributed by atoms with Gasteiger partial charge < -0.3 is 5.73 Å². The van der Waals surface area contributed by atoms with Crippen LogP contribution in [0.15, 0.2) is 12.5 Å². The third-order valence-electron chi connectivity index (χ3n) is 0.936. The third kappa shape index (κ3) is 1.85. The van der Waals surface area contributed by atoms with Crippen LogP contribution in [-0.4, -0.2) is 9.97 Å². The summed E-state index contributed by atoms with van der Waals surface area (Å²) < 4.78 is 0. The van der Waals surface area contributed by atoms with Gasteiger partial charge >= 0.3 is 0 Å². The van der Waals surface area contributed by atoms with Crippen LogP contribution in [0.3, 0.4) is 0 Å². The molecule has 0 aliphatic rings. The molecule has 0 bridgehead atoms. The lowest BCUT2D eigenvalue weighted by Crippen LogP contribution is -1.92. The van der Waals surface area contributed by atoms with Crippen molar-refractivity contribution in [2.75, 3.05) is 5.73 Å². The normalized spacial score (nSPS) is 8.11. The maximum atomic E-state index is 5.37. The second-order valence-electron chi connectivity index (χ2n) is 1.59. The molecule has 0 aliphatic heterocycles. The van der Waals surface area contributed by atoms with Crippen LogP contribution in [0.5, 0.6) is 0 Å². The summed E-state index contributed by atoms with van der Waals surface area (Å²) in [5, 5.41) is 0. The summed E-state index contributed by atoms with van der Waals surface area (Å²) in [4.78, 5) is 7.50. The van der Waals surface area contributed by atoms with E-state index in [9.17, 15) is 0 Å². The zero-order valence-corrected chi connectivity index (χ0v) is 5.85. The molecule has 0 aliphatic carbocycles. The summed E-state index contributed by atoms with van der Waals surface area (Å²) in [5.41, 5.74) is 6.29. The van der Waals surface area contributed by atoms with E-state index in [0.717, 1.165) is 5.56 Å². The molecule has 1 aromatic heterocycles. The molecule has 3 nitrogen and oxygen atoms in total. The molecule has 0 saturated carbocycles. The maximum Gasteiger partial charge on any atom is 0.129 e. The topological polar surface area (TPSA) is 51.8 Å². The summed E-state index contributed by atoms with van der Waals surface area (Å²) >= 11 is 0. The van der Waals surface area contributed by atoms with Gasteiger partial charge in [-0.2, -0.15) is 0 Å². The molecule has 0 aromatic carbocycles. The Morgan fingerprint density at radius 2 is 2.22 bits per heavy atom. The van der Waals surface area contributed by atoms with E-state index in [0.29, 0.717) is 5.82 Å². The number of nitrogen functional groups attached to an aromatic ring is 1. The third-order valence-corrected chi connectivity index (χ3v) is 0.936. The first-order valence-corrected chi connectivity index (χ1v) is 2.33. The standard InChI is InChI=1S/C5H7N3.ClH/c1-4-2-7-3-8-5(4)6;/h2-3H,1H3,(H2,6,7,8);1H. The zero-order chi connectivity index (χ0) is 5.98. The van der Waals surface area contributed by atoms with Gasteiger partial charge in [-0.1, -0.05) is 0 Å². The highest BCUT2D eigenvalue weighted by atomic mass is 35.5. The molecule has 0 spiro atoms. The Kier molecular flexibility index (Phi) is 2.95. The van der Waals surface area contributed by atoms with E-state index >= 15 is 0 Å². The van der Waals surface area contributed by atoms with Gasteiger partial charge in [-0.15, -0.1) is 12.4 Å². The van der Waals surface area contributed by atoms with E-state index < -0.39 is 0 Å². The van der Waals surface area contributed by atoms with Gasteiger partial charge in [0.2, 0.25) is 0 Å². The number of hydrogen-bond acceptors (Lipinski definition) is 3. The molecule has 2 N–H and O–H groups in total. The van der Waals surface area contributed by atoms with Crippen molar-refractivity contribution in [1.29, 1.82) is 0 Å². The Morgan fingerprint density at radius 1 is 1.56 bits per heavy atom. The monoisotopic (exact) mass is 145 g/mol. The van der Waals surface area contributed by atoms with Crippen molar-refractivity contribution in [2.45, 2.75) is 6.92 Å². The lowest BCUT2D eigenvalue weighted by Gasteiger charge is -1.91. The molecular formula is C5H8ClN3. The van der Waals surface area contributed by atoms with E-state index in [-0.39, 0.29) is 12.4 Å². The van der Waals surface area contributed by atoms with Crippen LogP contribution in [0.2, 0.25) is 0 Å². The molecule has 0 saturated heterocycles. The van der Waals surface area contributed by atoms with Crippen molar-refractivity contribution in [1.82, 2.24) is 9.97 Å². The van der Waals surface area contributed by atoms with E-state index in [1.165, 1.54) is 6.33 Å². The lowest BCUT2D eigenvalue weighted by atomic mass is 10.4. The van der Waals surface area contributed by atoms with Crippen LogP contribution in [-0.2, 0) is 0 Å². The van der Waals surface area contributed by atoms with Crippen molar-refractivity contribution in [3.63, 3.8) is 0 Å². The second kappa shape index (κ2) is 3.25. The molecule has 0 unspecified atom stereocenters. The Balaban J connectivity index is 0.000000640. The Morgan fingerprint density at radius 3 is 2.56 bits per heavy atom. The van der Waals surface area contributed by atoms with Crippen LogP contribution in [0.25, 0.3) is 0 Å². The highest BCUT2D eigenvalue weighted by Gasteiger charge is 1.87. The molecule has 0 radical (unpaired) electrons. The quantitative estimate of drug-likeness (QED) is 0.587. The second-order valence-corrected chi connectivity index (χ2v) is 1.59. The fourth-order valence-electron chi connectivity index (χ4n) is 0.409. The minimum atomic E-state index is 0. The molecular weight excluding hydrogens is 138 g/mol. The average molecular weight is 146 g/mol. The fraction of sp³-hybridized carbons (Fsp3) is 0.200. The number of nitrogens with zero attached hydrogens (tertiary/aromatic N) is 2. The average Bonchev–Trinajstić information content (AvgIpc) is 1.77. The van der Waals surface area contributed by atoms with E-state index in [4.69, 9.17) is 5.73 Å². The van der Waals surface area contributed by atoms with Gasteiger partial charge in [0.15, 0.2) is 0 Å².